The number of anilines is 1. The number of carbonyl (C=O) groups excluding carboxylic acids is 1. The Balaban J connectivity index is 3.10. The number of hydrogen-bond donors (Lipinski definition) is 1. The van der Waals surface area contributed by atoms with Gasteiger partial charge >= 0.3 is 0 Å². The molecule has 0 radical (unpaired) electrons. The third-order valence-electron chi connectivity index (χ3n) is 2.71. The lowest BCUT2D eigenvalue weighted by atomic mass is 10.3. The number of amides is 1. The maximum absolute atomic E-state index is 11.8. The van der Waals surface area contributed by atoms with Crippen LogP contribution in [-0.4, -0.2) is 41.4 Å². The number of rotatable bonds is 5. The maximum Gasteiger partial charge on any atom is 0.264 e. The molecular weight excluding hydrogens is 342 g/mol. The van der Waals surface area contributed by atoms with Crippen molar-refractivity contribution < 1.29 is 26.4 Å². The Morgan fingerprint density at radius 2 is 1.86 bits per heavy atom. The molecular formula is C11H14ClNO6S2. The summed E-state index contributed by atoms with van der Waals surface area (Å²) in [6, 6.07) is 3.68. The van der Waals surface area contributed by atoms with Crippen LogP contribution in [0.2, 0.25) is 0 Å². The molecule has 1 aromatic carbocycles. The molecule has 0 aliphatic heterocycles. The van der Waals surface area contributed by atoms with Crippen molar-refractivity contribution in [2.75, 3.05) is 18.7 Å². The first-order chi connectivity index (χ1) is 9.46. The van der Waals surface area contributed by atoms with Gasteiger partial charge in [-0.2, -0.15) is 0 Å². The highest BCUT2D eigenvalue weighted by Gasteiger charge is 2.24. The van der Waals surface area contributed by atoms with Crippen LogP contribution in [0.4, 0.5) is 5.69 Å². The average Bonchev–Trinajstić information content (AvgIpc) is 2.35. The summed E-state index contributed by atoms with van der Waals surface area (Å²) in [5.74, 6) is -0.796. The number of ether oxygens (including phenoxy) is 1. The largest absolute Gasteiger partial charge is 0.495 e. The normalized spacial score (nSPS) is 13.5. The van der Waals surface area contributed by atoms with Crippen LogP contribution in [-0.2, 0) is 23.7 Å². The van der Waals surface area contributed by atoms with Crippen LogP contribution < -0.4 is 10.1 Å². The molecule has 0 aliphatic rings. The summed E-state index contributed by atoms with van der Waals surface area (Å²) in [7, 11) is -1.04. The number of methoxy groups -OCH3 is 1. The van der Waals surface area contributed by atoms with Crippen molar-refractivity contribution in [3.05, 3.63) is 18.2 Å². The van der Waals surface area contributed by atoms with Gasteiger partial charge in [0.15, 0.2) is 9.84 Å². The average molecular weight is 356 g/mol. The molecule has 1 unspecified atom stereocenters. The zero-order valence-corrected chi connectivity index (χ0v) is 13.8. The smallest absolute Gasteiger partial charge is 0.264 e. The number of benzene rings is 1. The van der Waals surface area contributed by atoms with E-state index in [2.05, 4.69) is 5.32 Å². The van der Waals surface area contributed by atoms with Gasteiger partial charge in [-0.3, -0.25) is 4.79 Å². The van der Waals surface area contributed by atoms with Crippen LogP contribution in [0.15, 0.2) is 23.1 Å². The first-order valence-electron chi connectivity index (χ1n) is 5.59. The summed E-state index contributed by atoms with van der Waals surface area (Å²) in [5.41, 5.74) is 0.191. The standard InChI is InChI=1S/C11H14ClNO6S2/c1-7(20(3,15)16)11(14)13-8-4-5-10(21(12,17)18)9(6-8)19-2/h4-7H,1-3H3,(H,13,14). The molecule has 0 saturated heterocycles. The van der Waals surface area contributed by atoms with E-state index in [1.165, 1.54) is 26.2 Å². The van der Waals surface area contributed by atoms with Crippen molar-refractivity contribution in [2.45, 2.75) is 17.1 Å². The fourth-order valence-corrected chi connectivity index (χ4v) is 2.83. The summed E-state index contributed by atoms with van der Waals surface area (Å²) in [4.78, 5) is 11.5. The highest BCUT2D eigenvalue weighted by Crippen LogP contribution is 2.29. The summed E-state index contributed by atoms with van der Waals surface area (Å²) in [5, 5.41) is 1.13. The molecule has 10 heteroatoms. The van der Waals surface area contributed by atoms with Gasteiger partial charge in [-0.05, 0) is 19.1 Å². The lowest BCUT2D eigenvalue weighted by molar-refractivity contribution is -0.115. The Kier molecular flexibility index (Phi) is 5.24. The minimum absolute atomic E-state index is 0.0604. The highest BCUT2D eigenvalue weighted by molar-refractivity contribution is 8.13. The quantitative estimate of drug-likeness (QED) is 0.789. The van der Waals surface area contributed by atoms with Gasteiger partial charge in [-0.25, -0.2) is 16.8 Å². The molecule has 0 bridgehead atoms. The molecule has 0 fully saturated rings. The molecule has 1 amide bonds. The summed E-state index contributed by atoms with van der Waals surface area (Å²) in [6.07, 6.45) is 0.945. The van der Waals surface area contributed by atoms with Crippen LogP contribution in [0.1, 0.15) is 6.92 Å². The zero-order chi connectivity index (χ0) is 16.4. The Morgan fingerprint density at radius 1 is 1.29 bits per heavy atom. The van der Waals surface area contributed by atoms with E-state index in [1.807, 2.05) is 0 Å². The third kappa shape index (κ3) is 4.58. The Morgan fingerprint density at radius 3 is 2.29 bits per heavy atom. The van der Waals surface area contributed by atoms with E-state index in [0.29, 0.717) is 0 Å². The Bertz CT molecular complexity index is 757. The molecule has 0 heterocycles. The van der Waals surface area contributed by atoms with Crippen molar-refractivity contribution in [3.8, 4) is 5.75 Å². The van der Waals surface area contributed by atoms with E-state index in [4.69, 9.17) is 15.4 Å². The van der Waals surface area contributed by atoms with Crippen molar-refractivity contribution in [3.63, 3.8) is 0 Å². The number of nitrogens with one attached hydrogen (secondary N) is 1. The molecule has 7 nitrogen and oxygen atoms in total. The molecule has 21 heavy (non-hydrogen) atoms. The van der Waals surface area contributed by atoms with Crippen molar-refractivity contribution in [1.82, 2.24) is 0 Å². The van der Waals surface area contributed by atoms with Gasteiger partial charge in [0.2, 0.25) is 5.91 Å². The molecule has 1 rings (SSSR count). The predicted molar refractivity (Wildman–Crippen MR) is 79.0 cm³/mol. The van der Waals surface area contributed by atoms with Crippen molar-refractivity contribution >= 4 is 41.2 Å². The lowest BCUT2D eigenvalue weighted by Gasteiger charge is -2.12. The van der Waals surface area contributed by atoms with Crippen molar-refractivity contribution in [2.24, 2.45) is 0 Å². The van der Waals surface area contributed by atoms with Crippen LogP contribution in [0.5, 0.6) is 5.75 Å². The van der Waals surface area contributed by atoms with E-state index < -0.39 is 30.0 Å². The molecule has 1 atom stereocenters. The molecule has 1 aromatic rings. The van der Waals surface area contributed by atoms with Gasteiger partial charge in [0.05, 0.1) is 7.11 Å². The SMILES string of the molecule is COc1cc(NC(=O)C(C)S(C)(=O)=O)ccc1S(=O)(=O)Cl. The number of carbonyl (C=O) groups is 1. The fourth-order valence-electron chi connectivity index (χ4n) is 1.39. The fraction of sp³-hybridized carbons (Fsp3) is 0.364. The first-order valence-corrected chi connectivity index (χ1v) is 9.85. The van der Waals surface area contributed by atoms with E-state index in [0.717, 1.165) is 12.3 Å². The molecule has 0 saturated carbocycles. The van der Waals surface area contributed by atoms with E-state index in [1.54, 1.807) is 0 Å². The highest BCUT2D eigenvalue weighted by atomic mass is 35.7. The van der Waals surface area contributed by atoms with Gasteiger partial charge in [0.25, 0.3) is 9.05 Å². The summed E-state index contributed by atoms with van der Waals surface area (Å²) < 4.78 is 50.1. The number of halogens is 1. The molecule has 0 aromatic heterocycles. The monoisotopic (exact) mass is 355 g/mol. The number of hydrogen-bond acceptors (Lipinski definition) is 6. The minimum atomic E-state index is -3.99. The molecule has 0 aliphatic carbocycles. The Hall–Kier alpha value is -1.32. The maximum atomic E-state index is 11.8. The van der Waals surface area contributed by atoms with Crippen molar-refractivity contribution in [1.29, 1.82) is 0 Å². The zero-order valence-electron chi connectivity index (χ0n) is 11.5. The summed E-state index contributed by atoms with van der Waals surface area (Å²) in [6.45, 7) is 1.25. The first kappa shape index (κ1) is 17.7. The number of sulfone groups is 1. The van der Waals surface area contributed by atoms with Gasteiger partial charge in [-0.1, -0.05) is 0 Å². The van der Waals surface area contributed by atoms with Crippen LogP contribution in [0, 0.1) is 0 Å². The molecule has 0 spiro atoms. The topological polar surface area (TPSA) is 107 Å². The second kappa shape index (κ2) is 6.20. The third-order valence-corrected chi connectivity index (χ3v) is 5.57. The lowest BCUT2D eigenvalue weighted by Crippen LogP contribution is -2.31. The van der Waals surface area contributed by atoms with Gasteiger partial charge in [0, 0.05) is 28.7 Å². The van der Waals surface area contributed by atoms with E-state index in [-0.39, 0.29) is 16.3 Å². The van der Waals surface area contributed by atoms with E-state index >= 15 is 0 Å². The molecule has 1 N–H and O–H groups in total. The summed E-state index contributed by atoms with van der Waals surface area (Å²) >= 11 is 0. The predicted octanol–water partition coefficient (Wildman–Crippen LogP) is 0.994. The van der Waals surface area contributed by atoms with Gasteiger partial charge in [0.1, 0.15) is 15.9 Å². The van der Waals surface area contributed by atoms with Crippen LogP contribution in [0.25, 0.3) is 0 Å². The van der Waals surface area contributed by atoms with Gasteiger partial charge < -0.3 is 10.1 Å². The second-order valence-electron chi connectivity index (χ2n) is 4.26. The van der Waals surface area contributed by atoms with Crippen LogP contribution in [0.3, 0.4) is 0 Å². The minimum Gasteiger partial charge on any atom is -0.495 e. The van der Waals surface area contributed by atoms with E-state index in [9.17, 15) is 21.6 Å². The second-order valence-corrected chi connectivity index (χ2v) is 9.17. The van der Waals surface area contributed by atoms with Gasteiger partial charge in [-0.15, -0.1) is 0 Å². The molecule has 118 valence electrons. The Labute approximate surface area is 127 Å². The van der Waals surface area contributed by atoms with Crippen LogP contribution >= 0.6 is 10.7 Å².